The van der Waals surface area contributed by atoms with E-state index in [4.69, 9.17) is 5.73 Å². The fraction of sp³-hybridized carbons (Fsp3) is 0.0476. The van der Waals surface area contributed by atoms with Gasteiger partial charge < -0.3 is 5.73 Å². The molecule has 0 unspecified atom stereocenters. The molecule has 1 fully saturated rings. The molecule has 0 aromatic heterocycles. The Morgan fingerprint density at radius 3 is 1.72 bits per heavy atom. The minimum Gasteiger partial charge on any atom is -0.399 e. The molecular formula is C21H17N3O4S. The molecule has 3 N–H and O–H groups in total. The van der Waals surface area contributed by atoms with Crippen LogP contribution in [0.25, 0.3) is 0 Å². The van der Waals surface area contributed by atoms with Crippen LogP contribution in [-0.2, 0) is 20.4 Å². The Morgan fingerprint density at radius 1 is 0.759 bits per heavy atom. The van der Waals surface area contributed by atoms with E-state index in [0.29, 0.717) is 21.1 Å². The number of carbonyl (C=O) groups excluding carboxylic acids is 2. The van der Waals surface area contributed by atoms with Gasteiger partial charge in [0.05, 0.1) is 4.90 Å². The molecule has 7 nitrogen and oxygen atoms in total. The average molecular weight is 407 g/mol. The number of sulfonamides is 1. The highest BCUT2D eigenvalue weighted by molar-refractivity contribution is 7.89. The summed E-state index contributed by atoms with van der Waals surface area (Å²) in [6.45, 7) is 0. The van der Waals surface area contributed by atoms with Crippen molar-refractivity contribution in [2.45, 2.75) is 10.4 Å². The first-order chi connectivity index (χ1) is 13.9. The van der Waals surface area contributed by atoms with Crippen LogP contribution in [0.2, 0.25) is 0 Å². The number of hydrogen-bond donors (Lipinski definition) is 2. The number of hydrogen-bond acceptors (Lipinski definition) is 5. The molecule has 0 aliphatic carbocycles. The van der Waals surface area contributed by atoms with Gasteiger partial charge in [0, 0.05) is 5.69 Å². The first-order valence-electron chi connectivity index (χ1n) is 8.76. The Morgan fingerprint density at radius 2 is 1.24 bits per heavy atom. The van der Waals surface area contributed by atoms with E-state index in [1.165, 1.54) is 24.3 Å². The lowest BCUT2D eigenvalue weighted by Crippen LogP contribution is -2.50. The van der Waals surface area contributed by atoms with E-state index in [1.807, 2.05) is 0 Å². The minimum atomic E-state index is -4.40. The Bertz CT molecular complexity index is 1140. The van der Waals surface area contributed by atoms with Gasteiger partial charge in [-0.3, -0.25) is 10.1 Å². The Kier molecular flexibility index (Phi) is 4.35. The third-order valence-corrected chi connectivity index (χ3v) is 6.63. The van der Waals surface area contributed by atoms with Gasteiger partial charge in [-0.05, 0) is 35.4 Å². The number of urea groups is 1. The predicted octanol–water partition coefficient (Wildman–Crippen LogP) is 2.45. The van der Waals surface area contributed by atoms with Crippen LogP contribution >= 0.6 is 0 Å². The van der Waals surface area contributed by atoms with Crippen molar-refractivity contribution in [1.82, 2.24) is 9.62 Å². The topological polar surface area (TPSA) is 110 Å². The summed E-state index contributed by atoms with van der Waals surface area (Å²) in [6, 6.07) is 21.2. The molecule has 0 radical (unpaired) electrons. The zero-order valence-corrected chi connectivity index (χ0v) is 16.0. The smallest absolute Gasteiger partial charge is 0.339 e. The number of nitrogens with zero attached hydrogens (tertiary/aromatic N) is 1. The highest BCUT2D eigenvalue weighted by atomic mass is 32.2. The van der Waals surface area contributed by atoms with Crippen LogP contribution in [0.1, 0.15) is 11.1 Å². The maximum atomic E-state index is 13.5. The fourth-order valence-electron chi connectivity index (χ4n) is 3.54. The number of imide groups is 1. The Hall–Kier alpha value is -3.65. The average Bonchev–Trinajstić information content (AvgIpc) is 3.01. The molecule has 1 aliphatic heterocycles. The molecule has 3 amide bonds. The van der Waals surface area contributed by atoms with Crippen LogP contribution in [0.5, 0.6) is 0 Å². The van der Waals surface area contributed by atoms with E-state index < -0.39 is 27.5 Å². The number of benzene rings is 3. The first-order valence-corrected chi connectivity index (χ1v) is 10.2. The molecule has 1 aliphatic rings. The van der Waals surface area contributed by atoms with E-state index >= 15 is 0 Å². The third kappa shape index (κ3) is 2.76. The van der Waals surface area contributed by atoms with Crippen LogP contribution in [0.4, 0.5) is 10.5 Å². The number of anilines is 1. The van der Waals surface area contributed by atoms with Crippen molar-refractivity contribution in [1.29, 1.82) is 0 Å². The normalized spacial score (nSPS) is 15.9. The van der Waals surface area contributed by atoms with Crippen LogP contribution < -0.4 is 11.1 Å². The number of nitrogens with two attached hydrogens (primary N) is 1. The van der Waals surface area contributed by atoms with Gasteiger partial charge in [-0.25, -0.2) is 13.2 Å². The third-order valence-electron chi connectivity index (χ3n) is 4.84. The molecule has 4 rings (SSSR count). The summed E-state index contributed by atoms with van der Waals surface area (Å²) >= 11 is 0. The molecule has 29 heavy (non-hydrogen) atoms. The number of nitrogen functional groups attached to an aromatic ring is 1. The van der Waals surface area contributed by atoms with Crippen LogP contribution in [-0.4, -0.2) is 24.7 Å². The number of carbonyl (C=O) groups is 2. The maximum Gasteiger partial charge on any atom is 0.339 e. The summed E-state index contributed by atoms with van der Waals surface area (Å²) in [5.74, 6) is -0.737. The lowest BCUT2D eigenvalue weighted by atomic mass is 9.83. The maximum absolute atomic E-state index is 13.5. The van der Waals surface area contributed by atoms with Crippen molar-refractivity contribution in [3.63, 3.8) is 0 Å². The lowest BCUT2D eigenvalue weighted by molar-refractivity contribution is -0.124. The van der Waals surface area contributed by atoms with Gasteiger partial charge in [0.25, 0.3) is 15.9 Å². The quantitative estimate of drug-likeness (QED) is 0.510. The molecule has 146 valence electrons. The van der Waals surface area contributed by atoms with Crippen molar-refractivity contribution in [2.24, 2.45) is 0 Å². The Labute approximate surface area is 167 Å². The van der Waals surface area contributed by atoms with E-state index in [0.717, 1.165) is 0 Å². The van der Waals surface area contributed by atoms with Crippen molar-refractivity contribution in [3.8, 4) is 0 Å². The fourth-order valence-corrected chi connectivity index (χ4v) is 5.15. The van der Waals surface area contributed by atoms with Gasteiger partial charge in [0.1, 0.15) is 0 Å². The predicted molar refractivity (Wildman–Crippen MR) is 107 cm³/mol. The van der Waals surface area contributed by atoms with Crippen molar-refractivity contribution in [2.75, 3.05) is 5.73 Å². The molecular weight excluding hydrogens is 390 g/mol. The molecule has 1 heterocycles. The van der Waals surface area contributed by atoms with Crippen LogP contribution in [0.15, 0.2) is 89.8 Å². The van der Waals surface area contributed by atoms with Gasteiger partial charge in [-0.2, -0.15) is 4.31 Å². The summed E-state index contributed by atoms with van der Waals surface area (Å²) in [4.78, 5) is 25.9. The minimum absolute atomic E-state index is 0.146. The zero-order chi connectivity index (χ0) is 20.6. The molecule has 0 bridgehead atoms. The number of nitrogens with one attached hydrogen (secondary N) is 1. The van der Waals surface area contributed by atoms with E-state index in [2.05, 4.69) is 5.32 Å². The lowest BCUT2D eigenvalue weighted by Gasteiger charge is -2.35. The number of rotatable bonds is 4. The monoisotopic (exact) mass is 407 g/mol. The summed E-state index contributed by atoms with van der Waals surface area (Å²) < 4.78 is 27.7. The molecule has 3 aromatic rings. The van der Waals surface area contributed by atoms with Crippen molar-refractivity contribution in [3.05, 3.63) is 96.1 Å². The van der Waals surface area contributed by atoms with Crippen molar-refractivity contribution >= 4 is 27.6 Å². The van der Waals surface area contributed by atoms with E-state index in [-0.39, 0.29) is 4.90 Å². The highest BCUT2D eigenvalue weighted by Gasteiger charge is 2.60. The second-order valence-electron chi connectivity index (χ2n) is 6.54. The molecule has 0 saturated carbocycles. The SMILES string of the molecule is Nc1ccc(S(=O)(=O)N2C(=O)NC(=O)C2(c2ccccc2)c2ccccc2)cc1. The highest BCUT2D eigenvalue weighted by Crippen LogP contribution is 2.43. The molecule has 0 atom stereocenters. The van der Waals surface area contributed by atoms with Crippen LogP contribution in [0.3, 0.4) is 0 Å². The van der Waals surface area contributed by atoms with Gasteiger partial charge in [-0.15, -0.1) is 0 Å². The standard InChI is InChI=1S/C21H17N3O4S/c22-17-11-13-18(14-12-17)29(27,28)24-20(26)23-19(25)21(24,15-7-3-1-4-8-15)16-9-5-2-6-10-16/h1-14H,22H2,(H,23,25,26). The zero-order valence-electron chi connectivity index (χ0n) is 15.1. The van der Waals surface area contributed by atoms with Gasteiger partial charge >= 0.3 is 6.03 Å². The summed E-state index contributed by atoms with van der Waals surface area (Å²) in [5, 5.41) is 2.19. The number of amides is 3. The van der Waals surface area contributed by atoms with E-state index in [1.54, 1.807) is 60.7 Å². The first kappa shape index (κ1) is 18.7. The summed E-state index contributed by atoms with van der Waals surface area (Å²) in [5.41, 5.74) is 4.88. The van der Waals surface area contributed by atoms with Crippen molar-refractivity contribution < 1.29 is 18.0 Å². The molecule has 0 spiro atoms. The molecule has 8 heteroatoms. The summed E-state index contributed by atoms with van der Waals surface area (Å²) in [7, 11) is -4.40. The van der Waals surface area contributed by atoms with E-state index in [9.17, 15) is 18.0 Å². The Balaban J connectivity index is 2.04. The second-order valence-corrected chi connectivity index (χ2v) is 8.33. The largest absolute Gasteiger partial charge is 0.399 e. The van der Waals surface area contributed by atoms with Crippen LogP contribution in [0, 0.1) is 0 Å². The summed E-state index contributed by atoms with van der Waals surface area (Å²) in [6.07, 6.45) is 0. The van der Waals surface area contributed by atoms with Gasteiger partial charge in [-0.1, -0.05) is 60.7 Å². The van der Waals surface area contributed by atoms with Gasteiger partial charge in [0.15, 0.2) is 5.54 Å². The molecule has 1 saturated heterocycles. The molecule has 3 aromatic carbocycles. The second kappa shape index (κ2) is 6.75. The van der Waals surface area contributed by atoms with Gasteiger partial charge in [0.2, 0.25) is 0 Å².